The second-order valence-electron chi connectivity index (χ2n) is 7.13. The van der Waals surface area contributed by atoms with Crippen molar-refractivity contribution in [3.63, 3.8) is 0 Å². The monoisotopic (exact) mass is 376 g/mol. The van der Waals surface area contributed by atoms with Crippen LogP contribution in [0, 0.1) is 0 Å². The van der Waals surface area contributed by atoms with Crippen molar-refractivity contribution >= 4 is 15.9 Å². The molecule has 142 valence electrons. The van der Waals surface area contributed by atoms with Crippen LogP contribution in [0.4, 0.5) is 0 Å². The normalized spacial score (nSPS) is 18.1. The molecule has 1 N–H and O–H groups in total. The number of sulfonamides is 1. The fourth-order valence-corrected chi connectivity index (χ4v) is 5.05. The Labute approximate surface area is 156 Å². The minimum absolute atomic E-state index is 0.0273. The highest BCUT2D eigenvalue weighted by Gasteiger charge is 2.26. The highest BCUT2D eigenvalue weighted by molar-refractivity contribution is 7.89. The molecule has 2 aliphatic rings. The molecule has 6 heteroatoms. The van der Waals surface area contributed by atoms with Crippen molar-refractivity contribution in [2.45, 2.75) is 51.5 Å². The van der Waals surface area contributed by atoms with E-state index in [2.05, 4.69) is 17.5 Å². The zero-order chi connectivity index (χ0) is 18.4. The number of rotatable bonds is 7. The number of hydrogen-bond donors (Lipinski definition) is 1. The van der Waals surface area contributed by atoms with E-state index in [1.807, 2.05) is 18.2 Å². The van der Waals surface area contributed by atoms with Crippen LogP contribution in [0.5, 0.6) is 0 Å². The molecule has 0 fully saturated rings. The van der Waals surface area contributed by atoms with Crippen LogP contribution in [0.25, 0.3) is 0 Å². The second-order valence-corrected chi connectivity index (χ2v) is 9.21. The lowest BCUT2D eigenvalue weighted by Gasteiger charge is -2.28. The fourth-order valence-electron chi connectivity index (χ4n) is 3.64. The van der Waals surface area contributed by atoms with Gasteiger partial charge in [-0.15, -0.1) is 0 Å². The molecular formula is C20H28N2O3S. The summed E-state index contributed by atoms with van der Waals surface area (Å²) < 4.78 is 26.6. The predicted molar refractivity (Wildman–Crippen MR) is 103 cm³/mol. The Morgan fingerprint density at radius 2 is 1.92 bits per heavy atom. The van der Waals surface area contributed by atoms with E-state index in [0.29, 0.717) is 19.6 Å². The van der Waals surface area contributed by atoms with Crippen molar-refractivity contribution in [3.05, 3.63) is 47.0 Å². The van der Waals surface area contributed by atoms with E-state index in [1.165, 1.54) is 28.3 Å². The number of carbonyl (C=O) groups is 1. The standard InChI is InChI=1S/C20H28N2O3S/c23-20(21-13-10-17-6-2-1-3-7-17)12-15-26(24,25)22-14-11-18-8-4-5-9-19(18)16-22/h4-6,8-9H,1-3,7,10-16H2,(H,21,23). The van der Waals surface area contributed by atoms with E-state index in [-0.39, 0.29) is 18.1 Å². The van der Waals surface area contributed by atoms with E-state index < -0.39 is 10.0 Å². The highest BCUT2D eigenvalue weighted by Crippen LogP contribution is 2.21. The summed E-state index contributed by atoms with van der Waals surface area (Å²) in [4.78, 5) is 12.0. The van der Waals surface area contributed by atoms with Crippen LogP contribution in [0.3, 0.4) is 0 Å². The molecule has 0 aromatic heterocycles. The molecule has 0 radical (unpaired) electrons. The average molecular weight is 377 g/mol. The molecule has 3 rings (SSSR count). The summed E-state index contributed by atoms with van der Waals surface area (Å²) in [5, 5.41) is 2.86. The zero-order valence-corrected chi connectivity index (χ0v) is 16.1. The van der Waals surface area contributed by atoms with E-state index in [9.17, 15) is 13.2 Å². The number of benzene rings is 1. The molecule has 0 saturated heterocycles. The third-order valence-electron chi connectivity index (χ3n) is 5.23. The summed E-state index contributed by atoms with van der Waals surface area (Å²) >= 11 is 0. The Morgan fingerprint density at radius 1 is 1.12 bits per heavy atom. The number of nitrogens with zero attached hydrogens (tertiary/aromatic N) is 1. The number of allylic oxidation sites excluding steroid dienone is 1. The van der Waals surface area contributed by atoms with Gasteiger partial charge in [0.1, 0.15) is 0 Å². The van der Waals surface area contributed by atoms with Crippen molar-refractivity contribution in [2.24, 2.45) is 0 Å². The number of carbonyl (C=O) groups excluding carboxylic acids is 1. The highest BCUT2D eigenvalue weighted by atomic mass is 32.2. The van der Waals surface area contributed by atoms with Gasteiger partial charge in [-0.3, -0.25) is 4.79 Å². The fraction of sp³-hybridized carbons (Fsp3) is 0.550. The minimum Gasteiger partial charge on any atom is -0.356 e. The Morgan fingerprint density at radius 3 is 2.69 bits per heavy atom. The first-order valence-electron chi connectivity index (χ1n) is 9.54. The molecule has 1 aliphatic carbocycles. The van der Waals surface area contributed by atoms with Crippen LogP contribution in [-0.4, -0.2) is 37.5 Å². The first kappa shape index (κ1) is 19.1. The van der Waals surface area contributed by atoms with Gasteiger partial charge in [-0.25, -0.2) is 8.42 Å². The Balaban J connectivity index is 1.43. The molecule has 1 aromatic rings. The van der Waals surface area contributed by atoms with Gasteiger partial charge in [-0.2, -0.15) is 4.31 Å². The summed E-state index contributed by atoms with van der Waals surface area (Å²) in [5.41, 5.74) is 3.69. The molecule has 0 bridgehead atoms. The maximum Gasteiger partial charge on any atom is 0.221 e. The zero-order valence-electron chi connectivity index (χ0n) is 15.2. The molecule has 0 spiro atoms. The van der Waals surface area contributed by atoms with E-state index in [4.69, 9.17) is 0 Å². The summed E-state index contributed by atoms with van der Waals surface area (Å²) in [6, 6.07) is 7.94. The van der Waals surface area contributed by atoms with Gasteiger partial charge in [-0.05, 0) is 49.7 Å². The number of nitrogens with one attached hydrogen (secondary N) is 1. The third kappa shape index (κ3) is 5.17. The average Bonchev–Trinajstić information content (AvgIpc) is 2.67. The van der Waals surface area contributed by atoms with Crippen LogP contribution < -0.4 is 5.32 Å². The number of amides is 1. The lowest BCUT2D eigenvalue weighted by molar-refractivity contribution is -0.120. The number of hydrogen-bond acceptors (Lipinski definition) is 3. The van der Waals surface area contributed by atoms with Gasteiger partial charge in [0.25, 0.3) is 0 Å². The van der Waals surface area contributed by atoms with E-state index in [1.54, 1.807) is 0 Å². The van der Waals surface area contributed by atoms with Gasteiger partial charge in [0.2, 0.25) is 15.9 Å². The van der Waals surface area contributed by atoms with Gasteiger partial charge >= 0.3 is 0 Å². The molecule has 5 nitrogen and oxygen atoms in total. The quantitative estimate of drug-likeness (QED) is 0.744. The van der Waals surface area contributed by atoms with Crippen molar-refractivity contribution in [2.75, 3.05) is 18.8 Å². The van der Waals surface area contributed by atoms with Crippen LogP contribution in [0.2, 0.25) is 0 Å². The summed E-state index contributed by atoms with van der Waals surface area (Å²) in [6.07, 6.45) is 8.67. The Hall–Kier alpha value is -1.66. The molecule has 0 atom stereocenters. The topological polar surface area (TPSA) is 66.5 Å². The second kappa shape index (κ2) is 8.82. The van der Waals surface area contributed by atoms with Gasteiger partial charge in [0, 0.05) is 26.1 Å². The van der Waals surface area contributed by atoms with Gasteiger partial charge < -0.3 is 5.32 Å². The molecular weight excluding hydrogens is 348 g/mol. The number of fused-ring (bicyclic) bond motifs is 1. The SMILES string of the molecule is O=C(CCS(=O)(=O)N1CCc2ccccc2C1)NCCC1=CCCCC1. The molecule has 1 aliphatic heterocycles. The Bertz CT molecular complexity index is 771. The van der Waals surface area contributed by atoms with E-state index >= 15 is 0 Å². The maximum atomic E-state index is 12.6. The molecule has 1 heterocycles. The lowest BCUT2D eigenvalue weighted by atomic mass is 9.97. The largest absolute Gasteiger partial charge is 0.356 e. The summed E-state index contributed by atoms with van der Waals surface area (Å²) in [6.45, 7) is 1.51. The van der Waals surface area contributed by atoms with Crippen LogP contribution in [0.15, 0.2) is 35.9 Å². The van der Waals surface area contributed by atoms with Gasteiger partial charge in [0.05, 0.1) is 5.75 Å². The van der Waals surface area contributed by atoms with Crippen molar-refractivity contribution in [3.8, 4) is 0 Å². The molecule has 1 aromatic carbocycles. The van der Waals surface area contributed by atoms with E-state index in [0.717, 1.165) is 31.2 Å². The van der Waals surface area contributed by atoms with Crippen molar-refractivity contribution in [1.29, 1.82) is 0 Å². The smallest absolute Gasteiger partial charge is 0.221 e. The van der Waals surface area contributed by atoms with Gasteiger partial charge in [-0.1, -0.05) is 35.9 Å². The van der Waals surface area contributed by atoms with Gasteiger partial charge in [0.15, 0.2) is 0 Å². The first-order chi connectivity index (χ1) is 12.5. The Kier molecular flexibility index (Phi) is 6.48. The van der Waals surface area contributed by atoms with Crippen molar-refractivity contribution < 1.29 is 13.2 Å². The predicted octanol–water partition coefficient (Wildman–Crippen LogP) is 2.77. The molecule has 0 unspecified atom stereocenters. The third-order valence-corrected chi connectivity index (χ3v) is 7.05. The first-order valence-corrected chi connectivity index (χ1v) is 11.1. The minimum atomic E-state index is -3.41. The summed E-state index contributed by atoms with van der Waals surface area (Å²) in [5.74, 6) is -0.300. The summed E-state index contributed by atoms with van der Waals surface area (Å²) in [7, 11) is -3.41. The lowest BCUT2D eigenvalue weighted by Crippen LogP contribution is -2.38. The molecule has 1 amide bonds. The van der Waals surface area contributed by atoms with Crippen molar-refractivity contribution in [1.82, 2.24) is 9.62 Å². The molecule has 0 saturated carbocycles. The maximum absolute atomic E-state index is 12.6. The van der Waals surface area contributed by atoms with Crippen LogP contribution >= 0.6 is 0 Å². The molecule has 26 heavy (non-hydrogen) atoms. The van der Waals surface area contributed by atoms with Crippen LogP contribution in [-0.2, 0) is 27.8 Å². The van der Waals surface area contributed by atoms with Crippen LogP contribution in [0.1, 0.15) is 49.7 Å².